The van der Waals surface area contributed by atoms with Gasteiger partial charge in [-0.05, 0) is 48.6 Å². The molecule has 0 atom stereocenters. The molecule has 0 spiro atoms. The highest BCUT2D eigenvalue weighted by Crippen LogP contribution is 2.19. The number of methoxy groups -OCH3 is 1. The summed E-state index contributed by atoms with van der Waals surface area (Å²) in [6.07, 6.45) is 1.54. The number of benzene rings is 2. The zero-order valence-corrected chi connectivity index (χ0v) is 18.2. The number of rotatable bonds is 9. The van der Waals surface area contributed by atoms with Crippen LogP contribution in [0.2, 0.25) is 0 Å². The topological polar surface area (TPSA) is 102 Å². The molecule has 3 N–H and O–H groups in total. The van der Waals surface area contributed by atoms with Gasteiger partial charge < -0.3 is 24.5 Å². The molecule has 3 aromatic rings. The van der Waals surface area contributed by atoms with Gasteiger partial charge >= 0.3 is 0 Å². The molecule has 0 bridgehead atoms. The van der Waals surface area contributed by atoms with E-state index < -0.39 is 5.91 Å². The molecule has 9 heteroatoms. The summed E-state index contributed by atoms with van der Waals surface area (Å²) in [6, 6.07) is 17.2. The van der Waals surface area contributed by atoms with Gasteiger partial charge in [-0.2, -0.15) is 0 Å². The van der Waals surface area contributed by atoms with Crippen LogP contribution in [0, 0.1) is 0 Å². The van der Waals surface area contributed by atoms with Gasteiger partial charge in [-0.25, -0.2) is 0 Å². The predicted molar refractivity (Wildman–Crippen MR) is 124 cm³/mol. The predicted octanol–water partition coefficient (Wildman–Crippen LogP) is 3.36. The van der Waals surface area contributed by atoms with Crippen molar-refractivity contribution < 1.29 is 23.5 Å². The quantitative estimate of drug-likeness (QED) is 0.337. The number of carbonyl (C=O) groups excluding carboxylic acids is 2. The highest BCUT2D eigenvalue weighted by atomic mass is 32.1. The molecular weight excluding hydrogens is 430 g/mol. The van der Waals surface area contributed by atoms with Crippen molar-refractivity contribution in [3.8, 4) is 5.75 Å². The lowest BCUT2D eigenvalue weighted by atomic mass is 10.1. The average Bonchev–Trinajstić information content (AvgIpc) is 3.32. The number of thiocarbonyl (C=S) groups is 1. The number of nitrogens with one attached hydrogen (secondary N) is 3. The number of anilines is 1. The molecule has 0 saturated heterocycles. The molecule has 0 aliphatic heterocycles. The van der Waals surface area contributed by atoms with Crippen LogP contribution >= 0.6 is 12.2 Å². The van der Waals surface area contributed by atoms with Gasteiger partial charge in [0.25, 0.3) is 11.8 Å². The van der Waals surface area contributed by atoms with Gasteiger partial charge in [-0.3, -0.25) is 14.9 Å². The van der Waals surface area contributed by atoms with Crippen LogP contribution in [-0.2, 0) is 11.3 Å². The van der Waals surface area contributed by atoms with Crippen molar-refractivity contribution >= 4 is 34.8 Å². The molecule has 0 aliphatic carbocycles. The Labute approximate surface area is 190 Å². The Bertz CT molecular complexity index is 1070. The molecule has 0 unspecified atom stereocenters. The molecule has 32 heavy (non-hydrogen) atoms. The fraction of sp³-hybridized carbons (Fsp3) is 0.174. The van der Waals surface area contributed by atoms with E-state index in [-0.39, 0.29) is 17.6 Å². The van der Waals surface area contributed by atoms with E-state index >= 15 is 0 Å². The van der Waals surface area contributed by atoms with E-state index in [1.165, 1.54) is 0 Å². The Morgan fingerprint density at radius 1 is 0.938 bits per heavy atom. The standard InChI is InChI=1S/C23H23N3O5S/c1-29-13-14-31-20-11-5-3-9-18(20)22(28)26-23(32)25-19-10-4-2-8-17(19)21(27)24-15-16-7-6-12-30-16/h2-12H,13-15H2,1H3,(H,24,27)(H2,25,26,28,32). The maximum atomic E-state index is 12.7. The minimum absolute atomic E-state index is 0.0491. The molecule has 2 aromatic carbocycles. The monoisotopic (exact) mass is 453 g/mol. The van der Waals surface area contributed by atoms with E-state index in [0.29, 0.717) is 41.5 Å². The summed E-state index contributed by atoms with van der Waals surface area (Å²) in [5.74, 6) is 0.311. The number of ether oxygens (including phenoxy) is 2. The van der Waals surface area contributed by atoms with Gasteiger partial charge in [0.2, 0.25) is 0 Å². The van der Waals surface area contributed by atoms with Crippen LogP contribution in [0.3, 0.4) is 0 Å². The maximum Gasteiger partial charge on any atom is 0.261 e. The summed E-state index contributed by atoms with van der Waals surface area (Å²) in [6.45, 7) is 0.958. The lowest BCUT2D eigenvalue weighted by molar-refractivity contribution is 0.0946. The third kappa shape index (κ3) is 6.40. The molecule has 3 rings (SSSR count). The summed E-state index contributed by atoms with van der Waals surface area (Å²) < 4.78 is 15.8. The number of carbonyl (C=O) groups is 2. The van der Waals surface area contributed by atoms with Crippen LogP contribution in [0.4, 0.5) is 5.69 Å². The number of para-hydroxylation sites is 2. The first-order valence-corrected chi connectivity index (χ1v) is 10.2. The van der Waals surface area contributed by atoms with Crippen LogP contribution in [0.5, 0.6) is 5.75 Å². The number of furan rings is 1. The Kier molecular flexibility index (Phi) is 8.36. The van der Waals surface area contributed by atoms with E-state index in [1.54, 1.807) is 74.0 Å². The molecule has 0 saturated carbocycles. The molecule has 0 aliphatic rings. The molecule has 0 fully saturated rings. The smallest absolute Gasteiger partial charge is 0.261 e. The first kappa shape index (κ1) is 23.0. The second kappa shape index (κ2) is 11.6. The minimum atomic E-state index is -0.435. The van der Waals surface area contributed by atoms with Crippen molar-refractivity contribution in [2.45, 2.75) is 6.54 Å². The maximum absolute atomic E-state index is 12.7. The van der Waals surface area contributed by atoms with Crippen LogP contribution in [0.15, 0.2) is 71.3 Å². The van der Waals surface area contributed by atoms with Gasteiger partial charge in [0.05, 0.1) is 36.2 Å². The molecule has 1 aromatic heterocycles. The lowest BCUT2D eigenvalue weighted by Gasteiger charge is -2.15. The zero-order chi connectivity index (χ0) is 22.8. The molecular formula is C23H23N3O5S. The van der Waals surface area contributed by atoms with Crippen molar-refractivity contribution in [1.82, 2.24) is 10.6 Å². The zero-order valence-electron chi connectivity index (χ0n) is 17.4. The average molecular weight is 454 g/mol. The van der Waals surface area contributed by atoms with E-state index in [9.17, 15) is 9.59 Å². The largest absolute Gasteiger partial charge is 0.490 e. The van der Waals surface area contributed by atoms with Crippen molar-refractivity contribution in [2.24, 2.45) is 0 Å². The lowest BCUT2D eigenvalue weighted by Crippen LogP contribution is -2.35. The second-order valence-corrected chi connectivity index (χ2v) is 6.96. The highest BCUT2D eigenvalue weighted by Gasteiger charge is 2.16. The molecule has 0 radical (unpaired) electrons. The van der Waals surface area contributed by atoms with Gasteiger partial charge in [0, 0.05) is 7.11 Å². The van der Waals surface area contributed by atoms with Crippen molar-refractivity contribution in [3.63, 3.8) is 0 Å². The van der Waals surface area contributed by atoms with E-state index in [1.807, 2.05) is 0 Å². The normalized spacial score (nSPS) is 10.3. The third-order valence-corrected chi connectivity index (χ3v) is 4.53. The van der Waals surface area contributed by atoms with Crippen molar-refractivity contribution in [1.29, 1.82) is 0 Å². The van der Waals surface area contributed by atoms with Gasteiger partial charge in [-0.1, -0.05) is 24.3 Å². The SMILES string of the molecule is COCCOc1ccccc1C(=O)NC(=S)Nc1ccccc1C(=O)NCc1ccco1. The Morgan fingerprint density at radius 2 is 1.69 bits per heavy atom. The van der Waals surface area contributed by atoms with Crippen LogP contribution in [0.1, 0.15) is 26.5 Å². The third-order valence-electron chi connectivity index (χ3n) is 4.33. The summed E-state index contributed by atoms with van der Waals surface area (Å²) in [5, 5.41) is 8.36. The molecule has 2 amide bonds. The summed E-state index contributed by atoms with van der Waals surface area (Å²) in [7, 11) is 1.57. The van der Waals surface area contributed by atoms with E-state index in [0.717, 1.165) is 0 Å². The number of hydrogen-bond donors (Lipinski definition) is 3. The van der Waals surface area contributed by atoms with Crippen molar-refractivity contribution in [2.75, 3.05) is 25.6 Å². The van der Waals surface area contributed by atoms with E-state index in [4.69, 9.17) is 26.1 Å². The Hall–Kier alpha value is -3.69. The fourth-order valence-corrected chi connectivity index (χ4v) is 3.01. The van der Waals surface area contributed by atoms with Crippen LogP contribution < -0.4 is 20.7 Å². The molecule has 8 nitrogen and oxygen atoms in total. The van der Waals surface area contributed by atoms with Crippen LogP contribution in [0.25, 0.3) is 0 Å². The van der Waals surface area contributed by atoms with Crippen molar-refractivity contribution in [3.05, 3.63) is 83.8 Å². The first-order chi connectivity index (χ1) is 15.6. The first-order valence-electron chi connectivity index (χ1n) is 9.81. The minimum Gasteiger partial charge on any atom is -0.490 e. The summed E-state index contributed by atoms with van der Waals surface area (Å²) >= 11 is 5.29. The van der Waals surface area contributed by atoms with Gasteiger partial charge in [-0.15, -0.1) is 0 Å². The molecule has 1 heterocycles. The van der Waals surface area contributed by atoms with Gasteiger partial charge in [0.15, 0.2) is 5.11 Å². The summed E-state index contributed by atoms with van der Waals surface area (Å²) in [4.78, 5) is 25.3. The fourth-order valence-electron chi connectivity index (χ4n) is 2.80. The van der Waals surface area contributed by atoms with Crippen LogP contribution in [-0.4, -0.2) is 37.3 Å². The second-order valence-electron chi connectivity index (χ2n) is 6.55. The Morgan fingerprint density at radius 3 is 2.44 bits per heavy atom. The Balaban J connectivity index is 1.63. The summed E-state index contributed by atoms with van der Waals surface area (Å²) in [5.41, 5.74) is 1.16. The number of amides is 2. The van der Waals surface area contributed by atoms with E-state index in [2.05, 4.69) is 16.0 Å². The molecule has 166 valence electrons. The van der Waals surface area contributed by atoms with Gasteiger partial charge in [0.1, 0.15) is 18.1 Å². The number of hydrogen-bond acceptors (Lipinski definition) is 6. The highest BCUT2D eigenvalue weighted by molar-refractivity contribution is 7.80.